The molecule has 0 saturated heterocycles. The quantitative estimate of drug-likeness (QED) is 0.817. The Morgan fingerprint density at radius 1 is 1.35 bits per heavy atom. The highest BCUT2D eigenvalue weighted by Gasteiger charge is 2.18. The summed E-state index contributed by atoms with van der Waals surface area (Å²) < 4.78 is 0. The zero-order valence-electron chi connectivity index (χ0n) is 9.66. The smallest absolute Gasteiger partial charge is 0.0492 e. The van der Waals surface area contributed by atoms with Crippen molar-refractivity contribution in [2.45, 2.75) is 25.9 Å². The first-order valence-electron chi connectivity index (χ1n) is 5.84. The summed E-state index contributed by atoms with van der Waals surface area (Å²) in [6, 6.07) is 10.9. The van der Waals surface area contributed by atoms with E-state index in [0.717, 1.165) is 23.6 Å². The number of fused-ring (bicyclic) bond motifs is 1. The molecule has 0 radical (unpaired) electrons. The molecule has 1 nitrogen and oxygen atoms in total. The molecular formula is C14H14ClNS. The summed E-state index contributed by atoms with van der Waals surface area (Å²) in [7, 11) is 0. The second kappa shape index (κ2) is 4.45. The van der Waals surface area contributed by atoms with Crippen LogP contribution in [-0.4, -0.2) is 6.04 Å². The van der Waals surface area contributed by atoms with Gasteiger partial charge in [0.15, 0.2) is 0 Å². The second-order valence-corrected chi connectivity index (χ2v) is 6.07. The van der Waals surface area contributed by atoms with Crippen molar-refractivity contribution < 1.29 is 0 Å². The van der Waals surface area contributed by atoms with Crippen molar-refractivity contribution in [1.82, 2.24) is 5.32 Å². The summed E-state index contributed by atoms with van der Waals surface area (Å²) in [6.07, 6.45) is 1.13. The van der Waals surface area contributed by atoms with Crippen LogP contribution in [-0.2, 0) is 13.0 Å². The van der Waals surface area contributed by atoms with Gasteiger partial charge in [0.2, 0.25) is 0 Å². The number of hydrogen-bond donors (Lipinski definition) is 1. The molecule has 1 unspecified atom stereocenters. The Morgan fingerprint density at radius 3 is 3.00 bits per heavy atom. The molecule has 0 amide bonds. The highest BCUT2D eigenvalue weighted by Crippen LogP contribution is 2.37. The summed E-state index contributed by atoms with van der Waals surface area (Å²) in [5.41, 5.74) is 2.59. The van der Waals surface area contributed by atoms with Crippen LogP contribution in [0, 0.1) is 0 Å². The van der Waals surface area contributed by atoms with Gasteiger partial charge in [-0.05, 0) is 31.0 Å². The van der Waals surface area contributed by atoms with Crippen LogP contribution in [0.15, 0.2) is 30.3 Å². The maximum Gasteiger partial charge on any atom is 0.0492 e. The van der Waals surface area contributed by atoms with Crippen molar-refractivity contribution >= 4 is 22.9 Å². The number of hydrogen-bond acceptors (Lipinski definition) is 2. The van der Waals surface area contributed by atoms with Gasteiger partial charge >= 0.3 is 0 Å². The monoisotopic (exact) mass is 263 g/mol. The first-order valence-corrected chi connectivity index (χ1v) is 7.03. The Bertz CT molecular complexity index is 547. The SMILES string of the molecule is CC1Cc2sc(-c3ccccc3Cl)cc2CN1. The third-order valence-electron chi connectivity index (χ3n) is 3.17. The van der Waals surface area contributed by atoms with Crippen LogP contribution < -0.4 is 5.32 Å². The van der Waals surface area contributed by atoms with Crippen molar-refractivity contribution in [2.75, 3.05) is 0 Å². The minimum atomic E-state index is 0.584. The van der Waals surface area contributed by atoms with Gasteiger partial charge in [-0.1, -0.05) is 29.8 Å². The molecule has 0 bridgehead atoms. The minimum Gasteiger partial charge on any atom is -0.310 e. The predicted molar refractivity (Wildman–Crippen MR) is 74.8 cm³/mol. The Morgan fingerprint density at radius 2 is 2.18 bits per heavy atom. The van der Waals surface area contributed by atoms with Gasteiger partial charge in [-0.25, -0.2) is 0 Å². The number of thiophene rings is 1. The molecule has 0 aliphatic carbocycles. The zero-order valence-corrected chi connectivity index (χ0v) is 11.2. The summed E-state index contributed by atoms with van der Waals surface area (Å²) in [5.74, 6) is 0. The lowest BCUT2D eigenvalue weighted by Gasteiger charge is -2.19. The fourth-order valence-electron chi connectivity index (χ4n) is 2.22. The normalized spacial score (nSPS) is 19.1. The van der Waals surface area contributed by atoms with Gasteiger partial charge in [0.05, 0.1) is 0 Å². The van der Waals surface area contributed by atoms with Gasteiger partial charge in [0.25, 0.3) is 0 Å². The fraction of sp³-hybridized carbons (Fsp3) is 0.286. The van der Waals surface area contributed by atoms with Crippen LogP contribution >= 0.6 is 22.9 Å². The Hall–Kier alpha value is -0.830. The molecule has 1 aliphatic rings. The molecule has 0 fully saturated rings. The standard InChI is InChI=1S/C14H14ClNS/c1-9-6-13-10(8-16-9)7-14(17-13)11-4-2-3-5-12(11)15/h2-5,7,9,16H,6,8H2,1H3. The van der Waals surface area contributed by atoms with E-state index in [1.807, 2.05) is 29.5 Å². The number of nitrogens with one attached hydrogen (secondary N) is 1. The molecule has 1 atom stereocenters. The van der Waals surface area contributed by atoms with E-state index < -0.39 is 0 Å². The van der Waals surface area contributed by atoms with E-state index >= 15 is 0 Å². The van der Waals surface area contributed by atoms with Crippen LogP contribution in [0.2, 0.25) is 5.02 Å². The number of rotatable bonds is 1. The van der Waals surface area contributed by atoms with E-state index in [2.05, 4.69) is 24.4 Å². The van der Waals surface area contributed by atoms with Crippen LogP contribution in [0.1, 0.15) is 17.4 Å². The maximum absolute atomic E-state index is 6.24. The molecule has 0 saturated carbocycles. The molecule has 1 aliphatic heterocycles. The summed E-state index contributed by atoms with van der Waals surface area (Å²) >= 11 is 8.12. The highest BCUT2D eigenvalue weighted by atomic mass is 35.5. The molecule has 0 spiro atoms. The molecule has 1 aromatic carbocycles. The Balaban J connectivity index is 2.03. The van der Waals surface area contributed by atoms with Gasteiger partial charge in [-0.3, -0.25) is 0 Å². The molecule has 2 aromatic rings. The van der Waals surface area contributed by atoms with E-state index in [4.69, 9.17) is 11.6 Å². The number of halogens is 1. The lowest BCUT2D eigenvalue weighted by atomic mass is 10.0. The average molecular weight is 264 g/mol. The van der Waals surface area contributed by atoms with Gasteiger partial charge in [-0.2, -0.15) is 0 Å². The van der Waals surface area contributed by atoms with E-state index in [1.165, 1.54) is 15.3 Å². The van der Waals surface area contributed by atoms with Crippen molar-refractivity contribution in [2.24, 2.45) is 0 Å². The molecule has 1 N–H and O–H groups in total. The van der Waals surface area contributed by atoms with Crippen molar-refractivity contribution in [3.05, 3.63) is 45.8 Å². The van der Waals surface area contributed by atoms with E-state index in [-0.39, 0.29) is 0 Å². The molecular weight excluding hydrogens is 250 g/mol. The van der Waals surface area contributed by atoms with Gasteiger partial charge in [-0.15, -0.1) is 11.3 Å². The van der Waals surface area contributed by atoms with Crippen molar-refractivity contribution in [3.63, 3.8) is 0 Å². The molecule has 1 aromatic heterocycles. The molecule has 88 valence electrons. The minimum absolute atomic E-state index is 0.584. The van der Waals surface area contributed by atoms with Crippen molar-refractivity contribution in [3.8, 4) is 10.4 Å². The number of benzene rings is 1. The van der Waals surface area contributed by atoms with Crippen LogP contribution in [0.3, 0.4) is 0 Å². The third kappa shape index (κ3) is 2.13. The summed E-state index contributed by atoms with van der Waals surface area (Å²) in [6.45, 7) is 3.22. The highest BCUT2D eigenvalue weighted by molar-refractivity contribution is 7.15. The molecule has 3 rings (SSSR count). The maximum atomic E-state index is 6.24. The lowest BCUT2D eigenvalue weighted by molar-refractivity contribution is 0.520. The second-order valence-electron chi connectivity index (χ2n) is 4.52. The third-order valence-corrected chi connectivity index (χ3v) is 4.73. The molecule has 2 heterocycles. The van der Waals surface area contributed by atoms with Crippen LogP contribution in [0.25, 0.3) is 10.4 Å². The Kier molecular flexibility index (Phi) is 2.95. The van der Waals surface area contributed by atoms with Gasteiger partial charge in [0, 0.05) is 32.9 Å². The largest absolute Gasteiger partial charge is 0.310 e. The van der Waals surface area contributed by atoms with Gasteiger partial charge < -0.3 is 5.32 Å². The Labute approximate surface area is 110 Å². The molecule has 17 heavy (non-hydrogen) atoms. The van der Waals surface area contributed by atoms with E-state index in [0.29, 0.717) is 6.04 Å². The zero-order chi connectivity index (χ0) is 11.8. The van der Waals surface area contributed by atoms with E-state index in [1.54, 1.807) is 0 Å². The van der Waals surface area contributed by atoms with Crippen LogP contribution in [0.5, 0.6) is 0 Å². The first kappa shape index (κ1) is 11.3. The lowest BCUT2D eigenvalue weighted by Crippen LogP contribution is -2.31. The van der Waals surface area contributed by atoms with E-state index in [9.17, 15) is 0 Å². The fourth-order valence-corrected chi connectivity index (χ4v) is 3.86. The van der Waals surface area contributed by atoms with Crippen LogP contribution in [0.4, 0.5) is 0 Å². The summed E-state index contributed by atoms with van der Waals surface area (Å²) in [5, 5.41) is 4.33. The first-order chi connectivity index (χ1) is 8.24. The predicted octanol–water partition coefficient (Wildman–Crippen LogP) is 4.10. The topological polar surface area (TPSA) is 12.0 Å². The molecule has 3 heteroatoms. The summed E-state index contributed by atoms with van der Waals surface area (Å²) in [4.78, 5) is 2.79. The van der Waals surface area contributed by atoms with Gasteiger partial charge in [0.1, 0.15) is 0 Å². The van der Waals surface area contributed by atoms with Crippen molar-refractivity contribution in [1.29, 1.82) is 0 Å². The average Bonchev–Trinajstić information content (AvgIpc) is 2.72.